The van der Waals surface area contributed by atoms with Gasteiger partial charge in [-0.15, -0.1) is 0 Å². The minimum Gasteiger partial charge on any atom is -0.482 e. The standard InChI is InChI=1S/C14H19Cl2NO4/c1-14(20-3,9-19-2)8-17-13(18)7-21-12-5-4-10(15)6-11(12)16/h4-6H,7-9H2,1-3H3,(H,17,18)/t14-/m0/s1. The van der Waals surface area contributed by atoms with Crippen LogP contribution in [0.25, 0.3) is 0 Å². The number of hydrogen-bond acceptors (Lipinski definition) is 4. The van der Waals surface area contributed by atoms with E-state index in [9.17, 15) is 4.79 Å². The number of methoxy groups -OCH3 is 2. The number of ether oxygens (including phenoxy) is 3. The second kappa shape index (κ2) is 8.44. The zero-order chi connectivity index (χ0) is 15.9. The van der Waals surface area contributed by atoms with Crippen molar-refractivity contribution in [2.75, 3.05) is 34.0 Å². The van der Waals surface area contributed by atoms with Crippen molar-refractivity contribution in [1.82, 2.24) is 5.32 Å². The van der Waals surface area contributed by atoms with Gasteiger partial charge in [0.25, 0.3) is 5.91 Å². The Hall–Kier alpha value is -1.01. The Morgan fingerprint density at radius 3 is 2.62 bits per heavy atom. The molecule has 1 aromatic rings. The van der Waals surface area contributed by atoms with Gasteiger partial charge in [-0.05, 0) is 25.1 Å². The quantitative estimate of drug-likeness (QED) is 0.793. The summed E-state index contributed by atoms with van der Waals surface area (Å²) in [5.41, 5.74) is -0.581. The third-order valence-electron chi connectivity index (χ3n) is 2.85. The summed E-state index contributed by atoms with van der Waals surface area (Å²) in [5.74, 6) is 0.128. The van der Waals surface area contributed by atoms with Gasteiger partial charge in [-0.1, -0.05) is 23.2 Å². The van der Waals surface area contributed by atoms with Gasteiger partial charge in [-0.3, -0.25) is 4.79 Å². The Labute approximate surface area is 134 Å². The van der Waals surface area contributed by atoms with Crippen molar-refractivity contribution in [3.8, 4) is 5.75 Å². The predicted octanol–water partition coefficient (Wildman–Crippen LogP) is 2.54. The minimum atomic E-state index is -0.581. The molecule has 0 saturated heterocycles. The fourth-order valence-electron chi connectivity index (χ4n) is 1.56. The van der Waals surface area contributed by atoms with Crippen LogP contribution < -0.4 is 10.1 Å². The van der Waals surface area contributed by atoms with Crippen molar-refractivity contribution < 1.29 is 19.0 Å². The maximum Gasteiger partial charge on any atom is 0.258 e. The van der Waals surface area contributed by atoms with Crippen molar-refractivity contribution in [2.24, 2.45) is 0 Å². The number of amides is 1. The number of halogens is 2. The molecule has 1 amide bonds. The molecule has 0 aliphatic carbocycles. The van der Waals surface area contributed by atoms with Crippen LogP contribution in [0.4, 0.5) is 0 Å². The first-order chi connectivity index (χ1) is 9.90. The fourth-order valence-corrected chi connectivity index (χ4v) is 2.02. The molecule has 0 radical (unpaired) electrons. The molecule has 1 atom stereocenters. The molecule has 0 aromatic heterocycles. The molecule has 0 aliphatic rings. The molecule has 0 unspecified atom stereocenters. The first-order valence-electron chi connectivity index (χ1n) is 6.29. The number of rotatable bonds is 8. The van der Waals surface area contributed by atoms with Gasteiger partial charge in [-0.2, -0.15) is 0 Å². The van der Waals surface area contributed by atoms with E-state index in [2.05, 4.69) is 5.32 Å². The highest BCUT2D eigenvalue weighted by molar-refractivity contribution is 6.35. The molecule has 0 aliphatic heterocycles. The summed E-state index contributed by atoms with van der Waals surface area (Å²) in [5, 5.41) is 3.59. The maximum absolute atomic E-state index is 11.8. The van der Waals surface area contributed by atoms with E-state index in [-0.39, 0.29) is 12.5 Å². The first-order valence-corrected chi connectivity index (χ1v) is 7.04. The Morgan fingerprint density at radius 1 is 1.33 bits per heavy atom. The van der Waals surface area contributed by atoms with Gasteiger partial charge < -0.3 is 19.5 Å². The van der Waals surface area contributed by atoms with Crippen LogP contribution in [-0.4, -0.2) is 45.5 Å². The predicted molar refractivity (Wildman–Crippen MR) is 82.3 cm³/mol. The van der Waals surface area contributed by atoms with Crippen LogP contribution in [0.2, 0.25) is 10.0 Å². The van der Waals surface area contributed by atoms with Crippen LogP contribution in [0.1, 0.15) is 6.92 Å². The summed E-state index contributed by atoms with van der Waals surface area (Å²) < 4.78 is 15.7. The van der Waals surface area contributed by atoms with E-state index in [0.29, 0.717) is 28.9 Å². The Kier molecular flexibility index (Phi) is 7.25. The van der Waals surface area contributed by atoms with Crippen molar-refractivity contribution in [2.45, 2.75) is 12.5 Å². The molecule has 21 heavy (non-hydrogen) atoms. The lowest BCUT2D eigenvalue weighted by Gasteiger charge is -2.27. The van der Waals surface area contributed by atoms with Crippen LogP contribution in [-0.2, 0) is 14.3 Å². The van der Waals surface area contributed by atoms with Crippen molar-refractivity contribution in [3.63, 3.8) is 0 Å². The van der Waals surface area contributed by atoms with Gasteiger partial charge in [0.2, 0.25) is 0 Å². The van der Waals surface area contributed by atoms with E-state index < -0.39 is 5.60 Å². The van der Waals surface area contributed by atoms with E-state index in [1.54, 1.807) is 32.4 Å². The van der Waals surface area contributed by atoms with Gasteiger partial charge in [0.15, 0.2) is 6.61 Å². The van der Waals surface area contributed by atoms with E-state index in [1.165, 1.54) is 0 Å². The Balaban J connectivity index is 2.44. The van der Waals surface area contributed by atoms with E-state index in [1.807, 2.05) is 6.92 Å². The molecule has 0 heterocycles. The van der Waals surface area contributed by atoms with Gasteiger partial charge in [0, 0.05) is 25.8 Å². The second-order valence-electron chi connectivity index (χ2n) is 4.73. The van der Waals surface area contributed by atoms with Crippen LogP contribution in [0.5, 0.6) is 5.75 Å². The number of carbonyl (C=O) groups excluding carboxylic acids is 1. The smallest absolute Gasteiger partial charge is 0.258 e. The molecule has 1 rings (SSSR count). The van der Waals surface area contributed by atoms with E-state index in [0.717, 1.165) is 0 Å². The van der Waals surface area contributed by atoms with Crippen LogP contribution in [0.3, 0.4) is 0 Å². The summed E-state index contributed by atoms with van der Waals surface area (Å²) in [6.07, 6.45) is 0. The lowest BCUT2D eigenvalue weighted by atomic mass is 10.1. The van der Waals surface area contributed by atoms with Crippen molar-refractivity contribution in [3.05, 3.63) is 28.2 Å². The molecule has 0 fully saturated rings. The summed E-state index contributed by atoms with van der Waals surface area (Å²) >= 11 is 11.7. The van der Waals surface area contributed by atoms with Crippen LogP contribution in [0, 0.1) is 0 Å². The number of carbonyl (C=O) groups is 1. The minimum absolute atomic E-state index is 0.145. The topological polar surface area (TPSA) is 56.8 Å². The second-order valence-corrected chi connectivity index (χ2v) is 5.57. The summed E-state index contributed by atoms with van der Waals surface area (Å²) in [6.45, 7) is 2.38. The zero-order valence-electron chi connectivity index (χ0n) is 12.2. The normalized spacial score (nSPS) is 13.6. The summed E-state index contributed by atoms with van der Waals surface area (Å²) in [7, 11) is 3.14. The lowest BCUT2D eigenvalue weighted by Crippen LogP contribution is -2.46. The molecule has 7 heteroatoms. The molecular weight excluding hydrogens is 317 g/mol. The maximum atomic E-state index is 11.8. The lowest BCUT2D eigenvalue weighted by molar-refractivity contribution is -0.125. The molecule has 1 aromatic carbocycles. The van der Waals surface area contributed by atoms with Gasteiger partial charge in [0.1, 0.15) is 11.4 Å². The SMILES string of the molecule is COC[C@](C)(CNC(=O)COc1ccc(Cl)cc1Cl)OC. The molecule has 0 spiro atoms. The number of hydrogen-bond donors (Lipinski definition) is 1. The molecule has 1 N–H and O–H groups in total. The molecular formula is C14H19Cl2NO4. The third kappa shape index (κ3) is 6.09. The highest BCUT2D eigenvalue weighted by atomic mass is 35.5. The van der Waals surface area contributed by atoms with E-state index >= 15 is 0 Å². The number of benzene rings is 1. The zero-order valence-corrected chi connectivity index (χ0v) is 13.8. The fraction of sp³-hybridized carbons (Fsp3) is 0.500. The monoisotopic (exact) mass is 335 g/mol. The average molecular weight is 336 g/mol. The average Bonchev–Trinajstić information content (AvgIpc) is 2.44. The van der Waals surface area contributed by atoms with Gasteiger partial charge in [0.05, 0.1) is 11.6 Å². The first kappa shape index (κ1) is 18.0. The Bertz CT molecular complexity index is 484. The van der Waals surface area contributed by atoms with E-state index in [4.69, 9.17) is 37.4 Å². The number of nitrogens with one attached hydrogen (secondary N) is 1. The van der Waals surface area contributed by atoms with Crippen LogP contribution >= 0.6 is 23.2 Å². The highest BCUT2D eigenvalue weighted by Gasteiger charge is 2.24. The molecule has 5 nitrogen and oxygen atoms in total. The van der Waals surface area contributed by atoms with Crippen LogP contribution in [0.15, 0.2) is 18.2 Å². The molecule has 0 saturated carbocycles. The highest BCUT2D eigenvalue weighted by Crippen LogP contribution is 2.27. The van der Waals surface area contributed by atoms with Crippen molar-refractivity contribution in [1.29, 1.82) is 0 Å². The van der Waals surface area contributed by atoms with Crippen molar-refractivity contribution >= 4 is 29.1 Å². The summed E-state index contributed by atoms with van der Waals surface area (Å²) in [6, 6.07) is 4.81. The van der Waals surface area contributed by atoms with Gasteiger partial charge in [-0.25, -0.2) is 0 Å². The summed E-state index contributed by atoms with van der Waals surface area (Å²) in [4.78, 5) is 11.8. The van der Waals surface area contributed by atoms with Gasteiger partial charge >= 0.3 is 0 Å². The largest absolute Gasteiger partial charge is 0.482 e. The third-order valence-corrected chi connectivity index (χ3v) is 3.39. The molecule has 0 bridgehead atoms. The molecule has 118 valence electrons. The Morgan fingerprint density at radius 2 is 2.05 bits per heavy atom.